The third kappa shape index (κ3) is 6.74. The van der Waals surface area contributed by atoms with Crippen LogP contribution >= 0.6 is 0 Å². The van der Waals surface area contributed by atoms with Crippen molar-refractivity contribution < 1.29 is 0 Å². The van der Waals surface area contributed by atoms with Crippen LogP contribution in [0.4, 0.5) is 0 Å². The van der Waals surface area contributed by atoms with Gasteiger partial charge < -0.3 is 9.80 Å². The molecule has 2 heteroatoms. The van der Waals surface area contributed by atoms with Crippen LogP contribution in [0.1, 0.15) is 73.6 Å². The molecule has 0 aliphatic carbocycles. The van der Waals surface area contributed by atoms with Gasteiger partial charge in [0.05, 0.1) is 0 Å². The zero-order chi connectivity index (χ0) is 17.1. The van der Waals surface area contributed by atoms with Crippen molar-refractivity contribution in [1.29, 1.82) is 0 Å². The molecule has 0 aromatic heterocycles. The molecule has 0 aromatic rings. The fourth-order valence-corrected chi connectivity index (χ4v) is 4.23. The van der Waals surface area contributed by atoms with Gasteiger partial charge >= 0.3 is 0 Å². The molecule has 2 heterocycles. The van der Waals surface area contributed by atoms with Gasteiger partial charge in [0.25, 0.3) is 0 Å². The molecule has 0 radical (unpaired) electrons. The van der Waals surface area contributed by atoms with Crippen LogP contribution in [0.15, 0.2) is 0 Å². The summed E-state index contributed by atoms with van der Waals surface area (Å²) >= 11 is 0. The molecule has 0 amide bonds. The average Bonchev–Trinajstić information content (AvgIpc) is 2.45. The molecular weight excluding hydrogens is 280 g/mol. The van der Waals surface area contributed by atoms with Crippen molar-refractivity contribution in [2.75, 3.05) is 39.3 Å². The van der Waals surface area contributed by atoms with E-state index in [4.69, 9.17) is 0 Å². The van der Waals surface area contributed by atoms with E-state index >= 15 is 0 Å². The largest absolute Gasteiger partial charge is 0.303 e. The molecule has 0 spiro atoms. The predicted molar refractivity (Wildman–Crippen MR) is 102 cm³/mol. The fraction of sp³-hybridized carbons (Fsp3) is 1.00. The summed E-state index contributed by atoms with van der Waals surface area (Å²) in [6.07, 6.45) is 6.99. The Morgan fingerprint density at radius 2 is 1.26 bits per heavy atom. The topological polar surface area (TPSA) is 6.48 Å². The standard InChI is InChI=1S/C21H42N2/c1-20(2,3)11-16-22-12-7-18(8-13-22)17-23-14-9-19(10-15-23)21(4,5)6/h18-19H,7-17H2,1-6H3. The summed E-state index contributed by atoms with van der Waals surface area (Å²) in [4.78, 5) is 5.46. The van der Waals surface area contributed by atoms with E-state index in [0.717, 1.165) is 11.8 Å². The molecule has 2 nitrogen and oxygen atoms in total. The molecule has 23 heavy (non-hydrogen) atoms. The number of rotatable bonds is 4. The molecule has 2 rings (SSSR count). The van der Waals surface area contributed by atoms with Crippen LogP contribution in [0, 0.1) is 22.7 Å². The highest BCUT2D eigenvalue weighted by molar-refractivity contribution is 4.83. The molecular formula is C21H42N2. The average molecular weight is 323 g/mol. The van der Waals surface area contributed by atoms with Gasteiger partial charge in [0.1, 0.15) is 0 Å². The van der Waals surface area contributed by atoms with Gasteiger partial charge in [0, 0.05) is 6.54 Å². The van der Waals surface area contributed by atoms with E-state index in [9.17, 15) is 0 Å². The minimum Gasteiger partial charge on any atom is -0.303 e. The second kappa shape index (κ2) is 7.87. The van der Waals surface area contributed by atoms with Crippen molar-refractivity contribution in [3.05, 3.63) is 0 Å². The summed E-state index contributed by atoms with van der Waals surface area (Å²) in [6.45, 7) is 22.3. The van der Waals surface area contributed by atoms with Crippen LogP contribution in [-0.2, 0) is 0 Å². The Balaban J connectivity index is 1.64. The van der Waals surface area contributed by atoms with Crippen molar-refractivity contribution in [3.8, 4) is 0 Å². The van der Waals surface area contributed by atoms with E-state index in [2.05, 4.69) is 51.3 Å². The SMILES string of the molecule is CC(C)(C)CCN1CCC(CN2CCC(C(C)(C)C)CC2)CC1. The quantitative estimate of drug-likeness (QED) is 0.727. The Kier molecular flexibility index (Phi) is 6.58. The summed E-state index contributed by atoms with van der Waals surface area (Å²) < 4.78 is 0. The minimum atomic E-state index is 0.480. The Labute approximate surface area is 146 Å². The monoisotopic (exact) mass is 322 g/mol. The minimum absolute atomic E-state index is 0.480. The first-order valence-electron chi connectivity index (χ1n) is 10.1. The summed E-state index contributed by atoms with van der Waals surface area (Å²) in [5.41, 5.74) is 0.985. The first-order chi connectivity index (χ1) is 10.6. The van der Waals surface area contributed by atoms with Crippen molar-refractivity contribution in [3.63, 3.8) is 0 Å². The van der Waals surface area contributed by atoms with E-state index in [1.54, 1.807) is 0 Å². The molecule has 2 fully saturated rings. The van der Waals surface area contributed by atoms with E-state index in [1.165, 1.54) is 71.4 Å². The molecule has 0 aromatic carbocycles. The molecule has 0 bridgehead atoms. The highest BCUT2D eigenvalue weighted by Crippen LogP contribution is 2.34. The van der Waals surface area contributed by atoms with Gasteiger partial charge in [-0.05, 0) is 87.5 Å². The maximum Gasteiger partial charge on any atom is 0.00106 e. The number of nitrogens with zero attached hydrogens (tertiary/aromatic N) is 2. The Bertz CT molecular complexity index is 334. The summed E-state index contributed by atoms with van der Waals surface area (Å²) in [7, 11) is 0. The maximum absolute atomic E-state index is 2.76. The summed E-state index contributed by atoms with van der Waals surface area (Å²) in [6, 6.07) is 0. The number of hydrogen-bond donors (Lipinski definition) is 0. The van der Waals surface area contributed by atoms with Gasteiger partial charge in [0.2, 0.25) is 0 Å². The predicted octanol–water partition coefficient (Wildman–Crippen LogP) is 4.89. The first-order valence-corrected chi connectivity index (χ1v) is 10.1. The Morgan fingerprint density at radius 1 is 0.739 bits per heavy atom. The maximum atomic E-state index is 2.76. The van der Waals surface area contributed by atoms with Crippen molar-refractivity contribution in [2.45, 2.75) is 73.6 Å². The molecule has 2 aliphatic heterocycles. The van der Waals surface area contributed by atoms with Crippen LogP contribution in [0.3, 0.4) is 0 Å². The molecule has 0 saturated carbocycles. The molecule has 136 valence electrons. The third-order valence-corrected chi connectivity index (χ3v) is 6.21. The van der Waals surface area contributed by atoms with Crippen molar-refractivity contribution in [1.82, 2.24) is 9.80 Å². The lowest BCUT2D eigenvalue weighted by Gasteiger charge is -2.41. The second-order valence-corrected chi connectivity index (χ2v) is 10.5. The van der Waals surface area contributed by atoms with Gasteiger partial charge in [-0.1, -0.05) is 41.5 Å². The zero-order valence-electron chi connectivity index (χ0n) is 16.8. The highest BCUT2D eigenvalue weighted by atomic mass is 15.2. The number of piperidine rings is 2. The van der Waals surface area contributed by atoms with Crippen LogP contribution in [-0.4, -0.2) is 49.1 Å². The van der Waals surface area contributed by atoms with Crippen LogP contribution < -0.4 is 0 Å². The van der Waals surface area contributed by atoms with E-state index < -0.39 is 0 Å². The van der Waals surface area contributed by atoms with Crippen LogP contribution in [0.5, 0.6) is 0 Å². The van der Waals surface area contributed by atoms with Gasteiger partial charge in [-0.3, -0.25) is 0 Å². The molecule has 2 aliphatic rings. The van der Waals surface area contributed by atoms with Gasteiger partial charge in [-0.2, -0.15) is 0 Å². The van der Waals surface area contributed by atoms with Gasteiger partial charge in [0.15, 0.2) is 0 Å². The first kappa shape index (κ1) is 19.2. The van der Waals surface area contributed by atoms with Crippen LogP contribution in [0.2, 0.25) is 0 Å². The molecule has 0 unspecified atom stereocenters. The molecule has 0 atom stereocenters. The van der Waals surface area contributed by atoms with E-state index in [0.29, 0.717) is 10.8 Å². The molecule has 2 saturated heterocycles. The van der Waals surface area contributed by atoms with Crippen molar-refractivity contribution >= 4 is 0 Å². The van der Waals surface area contributed by atoms with E-state index in [1.807, 2.05) is 0 Å². The number of likely N-dealkylation sites (tertiary alicyclic amines) is 2. The van der Waals surface area contributed by atoms with Gasteiger partial charge in [-0.25, -0.2) is 0 Å². The normalized spacial score (nSPS) is 24.3. The summed E-state index contributed by atoms with van der Waals surface area (Å²) in [5, 5.41) is 0. The Hall–Kier alpha value is -0.0800. The highest BCUT2D eigenvalue weighted by Gasteiger charge is 2.30. The lowest BCUT2D eigenvalue weighted by Crippen LogP contribution is -2.43. The lowest BCUT2D eigenvalue weighted by molar-refractivity contribution is 0.0827. The van der Waals surface area contributed by atoms with Gasteiger partial charge in [-0.15, -0.1) is 0 Å². The van der Waals surface area contributed by atoms with Crippen molar-refractivity contribution in [2.24, 2.45) is 22.7 Å². The zero-order valence-corrected chi connectivity index (χ0v) is 16.8. The second-order valence-electron chi connectivity index (χ2n) is 10.5. The lowest BCUT2D eigenvalue weighted by atomic mass is 9.75. The fourth-order valence-electron chi connectivity index (χ4n) is 4.23. The Morgan fingerprint density at radius 3 is 1.74 bits per heavy atom. The smallest absolute Gasteiger partial charge is 0.00106 e. The molecule has 0 N–H and O–H groups in total. The third-order valence-electron chi connectivity index (χ3n) is 6.21. The number of hydrogen-bond acceptors (Lipinski definition) is 2. The summed E-state index contributed by atoms with van der Waals surface area (Å²) in [5.74, 6) is 1.88. The van der Waals surface area contributed by atoms with E-state index in [-0.39, 0.29) is 0 Å². The van der Waals surface area contributed by atoms with Crippen LogP contribution in [0.25, 0.3) is 0 Å².